The van der Waals surface area contributed by atoms with E-state index in [9.17, 15) is 9.59 Å². The standard InChI is InChI=1S/C23H25N7O3/c1-14-11-29(12-15(2)33-14)21-18-10-28-30(22(18)27-13-26-21)8-7-24-23(32)20(31)17-9-25-19-6-4-3-5-16(17)19/h3-6,9-10,13-15,25H,7-8,11-12H2,1-2H3,(H,24,32). The van der Waals surface area contributed by atoms with Crippen LogP contribution in [-0.2, 0) is 16.1 Å². The van der Waals surface area contributed by atoms with Crippen molar-refractivity contribution >= 4 is 39.4 Å². The maximum absolute atomic E-state index is 12.6. The van der Waals surface area contributed by atoms with Gasteiger partial charge in [0.05, 0.1) is 35.9 Å². The van der Waals surface area contributed by atoms with Gasteiger partial charge in [-0.15, -0.1) is 0 Å². The van der Waals surface area contributed by atoms with Gasteiger partial charge < -0.3 is 19.9 Å². The zero-order valence-corrected chi connectivity index (χ0v) is 18.5. The zero-order valence-electron chi connectivity index (χ0n) is 18.5. The first kappa shape index (κ1) is 21.1. The molecule has 1 fully saturated rings. The molecule has 170 valence electrons. The molecular formula is C23H25N7O3. The summed E-state index contributed by atoms with van der Waals surface area (Å²) in [6.07, 6.45) is 5.06. The number of carbonyl (C=O) groups is 2. The fourth-order valence-electron chi connectivity index (χ4n) is 4.38. The molecule has 2 N–H and O–H groups in total. The van der Waals surface area contributed by atoms with Crippen LogP contribution in [0.4, 0.5) is 5.82 Å². The molecule has 0 radical (unpaired) electrons. The van der Waals surface area contributed by atoms with E-state index in [1.807, 2.05) is 38.1 Å². The average Bonchev–Trinajstić information content (AvgIpc) is 3.42. The fourth-order valence-corrected chi connectivity index (χ4v) is 4.38. The molecule has 2 atom stereocenters. The van der Waals surface area contributed by atoms with E-state index >= 15 is 0 Å². The molecule has 0 spiro atoms. The number of aromatic nitrogens is 5. The average molecular weight is 447 g/mol. The number of Topliss-reactive ketones (excluding diaryl/α,β-unsaturated/α-hetero) is 1. The van der Waals surface area contributed by atoms with Gasteiger partial charge in [-0.1, -0.05) is 18.2 Å². The first-order valence-corrected chi connectivity index (χ1v) is 11.0. The number of anilines is 1. The van der Waals surface area contributed by atoms with Crippen molar-refractivity contribution in [1.29, 1.82) is 0 Å². The lowest BCUT2D eigenvalue weighted by Crippen LogP contribution is -2.45. The Bertz CT molecular complexity index is 1320. The van der Waals surface area contributed by atoms with Crippen LogP contribution < -0.4 is 10.2 Å². The summed E-state index contributed by atoms with van der Waals surface area (Å²) in [5.74, 6) is -0.396. The summed E-state index contributed by atoms with van der Waals surface area (Å²) >= 11 is 0. The van der Waals surface area contributed by atoms with Gasteiger partial charge in [0.2, 0.25) is 0 Å². The highest BCUT2D eigenvalue weighted by molar-refractivity contribution is 6.44. The van der Waals surface area contributed by atoms with Crippen molar-refractivity contribution < 1.29 is 14.3 Å². The summed E-state index contributed by atoms with van der Waals surface area (Å²) in [4.78, 5) is 39.1. The largest absolute Gasteiger partial charge is 0.372 e. The van der Waals surface area contributed by atoms with Gasteiger partial charge in [0.25, 0.3) is 11.7 Å². The third-order valence-corrected chi connectivity index (χ3v) is 5.78. The van der Waals surface area contributed by atoms with E-state index < -0.39 is 11.7 Å². The SMILES string of the molecule is CC1CN(c2ncnc3c2cnn3CCNC(=O)C(=O)c2c[nH]c3ccccc23)CC(C)O1. The molecule has 0 bridgehead atoms. The maximum atomic E-state index is 12.6. The van der Waals surface area contributed by atoms with Crippen LogP contribution in [-0.4, -0.2) is 68.3 Å². The molecule has 4 heterocycles. The summed E-state index contributed by atoms with van der Waals surface area (Å²) in [5, 5.41) is 8.71. The van der Waals surface area contributed by atoms with Crippen molar-refractivity contribution in [2.45, 2.75) is 32.6 Å². The number of ketones is 1. The van der Waals surface area contributed by atoms with Crippen LogP contribution in [0.5, 0.6) is 0 Å². The molecule has 1 aromatic carbocycles. The highest BCUT2D eigenvalue weighted by atomic mass is 16.5. The minimum absolute atomic E-state index is 0.110. The van der Waals surface area contributed by atoms with Crippen LogP contribution in [0, 0.1) is 0 Å². The Hall–Kier alpha value is -3.79. The van der Waals surface area contributed by atoms with Gasteiger partial charge in [0.15, 0.2) is 5.65 Å². The number of nitrogens with zero attached hydrogens (tertiary/aromatic N) is 5. The van der Waals surface area contributed by atoms with Crippen LogP contribution >= 0.6 is 0 Å². The molecule has 1 aliphatic rings. The van der Waals surface area contributed by atoms with Crippen LogP contribution in [0.3, 0.4) is 0 Å². The predicted molar refractivity (Wildman–Crippen MR) is 123 cm³/mol. The third kappa shape index (κ3) is 4.05. The number of hydrogen-bond acceptors (Lipinski definition) is 7. The van der Waals surface area contributed by atoms with E-state index in [-0.39, 0.29) is 18.8 Å². The van der Waals surface area contributed by atoms with E-state index in [0.717, 1.165) is 35.2 Å². The van der Waals surface area contributed by atoms with Gasteiger partial charge >= 0.3 is 0 Å². The number of benzene rings is 1. The molecular weight excluding hydrogens is 422 g/mol. The topological polar surface area (TPSA) is 118 Å². The number of hydrogen-bond donors (Lipinski definition) is 2. The number of carbonyl (C=O) groups excluding carboxylic acids is 2. The zero-order chi connectivity index (χ0) is 22.9. The maximum Gasteiger partial charge on any atom is 0.292 e. The van der Waals surface area contributed by atoms with Gasteiger partial charge in [-0.3, -0.25) is 9.59 Å². The molecule has 1 amide bonds. The third-order valence-electron chi connectivity index (χ3n) is 5.78. The van der Waals surface area contributed by atoms with Crippen molar-refractivity contribution in [1.82, 2.24) is 30.0 Å². The summed E-state index contributed by atoms with van der Waals surface area (Å²) in [5.41, 5.74) is 1.86. The van der Waals surface area contributed by atoms with Crippen molar-refractivity contribution in [2.75, 3.05) is 24.5 Å². The Morgan fingerprint density at radius 2 is 1.94 bits per heavy atom. The second-order valence-corrected chi connectivity index (χ2v) is 8.30. The number of morpholine rings is 1. The fraction of sp³-hybridized carbons (Fsp3) is 0.348. The number of fused-ring (bicyclic) bond motifs is 2. The van der Waals surface area contributed by atoms with Gasteiger partial charge in [-0.05, 0) is 19.9 Å². The molecule has 2 unspecified atom stereocenters. The normalized spacial score (nSPS) is 18.7. The number of ether oxygens (including phenoxy) is 1. The van der Waals surface area contributed by atoms with Gasteiger partial charge in [-0.25, -0.2) is 14.6 Å². The highest BCUT2D eigenvalue weighted by Gasteiger charge is 2.25. The number of amides is 1. The molecule has 10 nitrogen and oxygen atoms in total. The second-order valence-electron chi connectivity index (χ2n) is 8.30. The molecule has 0 aliphatic carbocycles. The molecule has 1 saturated heterocycles. The molecule has 3 aromatic heterocycles. The number of rotatable bonds is 6. The number of para-hydroxylation sites is 1. The molecule has 5 rings (SSSR count). The number of nitrogens with one attached hydrogen (secondary N) is 2. The molecule has 1 aliphatic heterocycles. The van der Waals surface area contributed by atoms with Crippen molar-refractivity contribution in [2.24, 2.45) is 0 Å². The summed E-state index contributed by atoms with van der Waals surface area (Å²) in [7, 11) is 0. The highest BCUT2D eigenvalue weighted by Crippen LogP contribution is 2.25. The summed E-state index contributed by atoms with van der Waals surface area (Å²) < 4.78 is 7.54. The van der Waals surface area contributed by atoms with Crippen LogP contribution in [0.1, 0.15) is 24.2 Å². The molecule has 33 heavy (non-hydrogen) atoms. The van der Waals surface area contributed by atoms with Gasteiger partial charge in [0, 0.05) is 36.7 Å². The Labute approximate surface area is 189 Å². The second kappa shape index (κ2) is 8.62. The van der Waals surface area contributed by atoms with Gasteiger partial charge in [-0.2, -0.15) is 5.10 Å². The van der Waals surface area contributed by atoms with E-state index in [1.54, 1.807) is 17.1 Å². The van der Waals surface area contributed by atoms with E-state index in [0.29, 0.717) is 17.8 Å². The predicted octanol–water partition coefficient (Wildman–Crippen LogP) is 1.92. The lowest BCUT2D eigenvalue weighted by molar-refractivity contribution is -0.117. The lowest BCUT2D eigenvalue weighted by atomic mass is 10.1. The van der Waals surface area contributed by atoms with Crippen LogP contribution in [0.2, 0.25) is 0 Å². The minimum Gasteiger partial charge on any atom is -0.372 e. The molecule has 4 aromatic rings. The smallest absolute Gasteiger partial charge is 0.292 e. The van der Waals surface area contributed by atoms with Crippen molar-refractivity contribution in [3.8, 4) is 0 Å². The Balaban J connectivity index is 1.26. The van der Waals surface area contributed by atoms with E-state index in [4.69, 9.17) is 4.74 Å². The number of H-pyrrole nitrogens is 1. The first-order chi connectivity index (χ1) is 16.0. The first-order valence-electron chi connectivity index (χ1n) is 11.0. The Morgan fingerprint density at radius 3 is 2.76 bits per heavy atom. The quantitative estimate of drug-likeness (QED) is 0.342. The van der Waals surface area contributed by atoms with E-state index in [2.05, 4.69) is 30.3 Å². The number of aromatic amines is 1. The minimum atomic E-state index is -0.650. The van der Waals surface area contributed by atoms with Crippen molar-refractivity contribution in [3.05, 3.63) is 48.5 Å². The Kier molecular flexibility index (Phi) is 5.51. The van der Waals surface area contributed by atoms with Gasteiger partial charge in [0.1, 0.15) is 12.1 Å². The van der Waals surface area contributed by atoms with Crippen LogP contribution in [0.25, 0.3) is 21.9 Å². The van der Waals surface area contributed by atoms with Crippen LogP contribution in [0.15, 0.2) is 43.0 Å². The Morgan fingerprint density at radius 1 is 1.15 bits per heavy atom. The molecule has 0 saturated carbocycles. The monoisotopic (exact) mass is 447 g/mol. The van der Waals surface area contributed by atoms with Crippen molar-refractivity contribution in [3.63, 3.8) is 0 Å². The summed E-state index contributed by atoms with van der Waals surface area (Å²) in [6, 6.07) is 7.38. The molecule has 10 heteroatoms. The lowest BCUT2D eigenvalue weighted by Gasteiger charge is -2.36. The van der Waals surface area contributed by atoms with E-state index in [1.165, 1.54) is 6.33 Å². The summed E-state index contributed by atoms with van der Waals surface area (Å²) in [6.45, 7) is 6.20.